The van der Waals surface area contributed by atoms with Crippen molar-refractivity contribution >= 4 is 5.91 Å². The molecule has 4 nitrogen and oxygen atoms in total. The predicted octanol–water partition coefficient (Wildman–Crippen LogP) is 4.58. The number of likely N-dealkylation sites (tertiary alicyclic amines) is 2. The van der Waals surface area contributed by atoms with E-state index in [1.165, 1.54) is 70.9 Å². The molecular weight excluding hydrogens is 346 g/mol. The number of nitrogens with one attached hydrogen (secondary N) is 1. The molecule has 1 saturated carbocycles. The Kier molecular flexibility index (Phi) is 9.10. The van der Waals surface area contributed by atoms with Gasteiger partial charge < -0.3 is 15.1 Å². The van der Waals surface area contributed by atoms with Gasteiger partial charge in [0.2, 0.25) is 5.91 Å². The third-order valence-electron chi connectivity index (χ3n) is 7.52. The van der Waals surface area contributed by atoms with E-state index < -0.39 is 0 Å². The Balaban J connectivity index is 1.37. The lowest BCUT2D eigenvalue weighted by Gasteiger charge is -2.43. The molecular formula is C24H45N3O. The van der Waals surface area contributed by atoms with Crippen LogP contribution >= 0.6 is 0 Å². The zero-order valence-electron chi connectivity index (χ0n) is 18.6. The summed E-state index contributed by atoms with van der Waals surface area (Å²) in [5.74, 6) is 0.714. The van der Waals surface area contributed by atoms with Crippen LogP contribution in [0.15, 0.2) is 0 Å². The molecule has 0 atom stereocenters. The Morgan fingerprint density at radius 3 is 1.96 bits per heavy atom. The maximum Gasteiger partial charge on any atom is 0.225 e. The number of rotatable bonds is 8. The summed E-state index contributed by atoms with van der Waals surface area (Å²) >= 11 is 0. The Labute approximate surface area is 173 Å². The van der Waals surface area contributed by atoms with E-state index in [0.717, 1.165) is 50.9 Å². The van der Waals surface area contributed by atoms with Crippen LogP contribution in [-0.4, -0.2) is 60.0 Å². The maximum atomic E-state index is 12.9. The van der Waals surface area contributed by atoms with E-state index in [-0.39, 0.29) is 5.92 Å². The second-order valence-corrected chi connectivity index (χ2v) is 9.64. The van der Waals surface area contributed by atoms with Gasteiger partial charge in [-0.05, 0) is 64.5 Å². The zero-order chi connectivity index (χ0) is 19.8. The molecule has 1 N–H and O–H groups in total. The van der Waals surface area contributed by atoms with Gasteiger partial charge in [0.1, 0.15) is 0 Å². The quantitative estimate of drug-likeness (QED) is 0.658. The molecule has 0 aromatic rings. The molecule has 1 aliphatic carbocycles. The predicted molar refractivity (Wildman–Crippen MR) is 118 cm³/mol. The molecule has 0 bridgehead atoms. The Morgan fingerprint density at radius 1 is 0.821 bits per heavy atom. The van der Waals surface area contributed by atoms with Gasteiger partial charge in [0, 0.05) is 37.1 Å². The maximum absolute atomic E-state index is 12.9. The van der Waals surface area contributed by atoms with Crippen LogP contribution in [0.3, 0.4) is 0 Å². The van der Waals surface area contributed by atoms with Crippen molar-refractivity contribution in [2.75, 3.05) is 26.2 Å². The Hall–Kier alpha value is -0.610. The lowest BCUT2D eigenvalue weighted by molar-refractivity contribution is -0.137. The molecule has 4 heteroatoms. The van der Waals surface area contributed by atoms with Crippen molar-refractivity contribution in [2.45, 2.75) is 115 Å². The van der Waals surface area contributed by atoms with Crippen LogP contribution < -0.4 is 5.32 Å². The normalized spacial score (nSPS) is 24.2. The molecule has 0 radical (unpaired) electrons. The van der Waals surface area contributed by atoms with Gasteiger partial charge in [-0.15, -0.1) is 0 Å². The summed E-state index contributed by atoms with van der Waals surface area (Å²) in [5, 5.41) is 3.96. The molecule has 3 aliphatic rings. The molecule has 3 rings (SSSR count). The zero-order valence-corrected chi connectivity index (χ0v) is 18.6. The molecule has 28 heavy (non-hydrogen) atoms. The number of piperidine rings is 2. The number of carbonyl (C=O) groups is 1. The minimum atomic E-state index is 0.271. The van der Waals surface area contributed by atoms with Crippen molar-refractivity contribution in [1.82, 2.24) is 15.1 Å². The minimum Gasteiger partial charge on any atom is -0.342 e. The first-order chi connectivity index (χ1) is 13.7. The highest BCUT2D eigenvalue weighted by Gasteiger charge is 2.32. The van der Waals surface area contributed by atoms with Crippen LogP contribution in [0.4, 0.5) is 0 Å². The lowest BCUT2D eigenvalue weighted by atomic mass is 9.92. The van der Waals surface area contributed by atoms with Crippen molar-refractivity contribution in [3.8, 4) is 0 Å². The third-order valence-corrected chi connectivity index (χ3v) is 7.52. The van der Waals surface area contributed by atoms with Crippen LogP contribution in [-0.2, 0) is 4.79 Å². The van der Waals surface area contributed by atoms with Crippen molar-refractivity contribution in [1.29, 1.82) is 0 Å². The van der Waals surface area contributed by atoms with Crippen LogP contribution in [0.1, 0.15) is 97.3 Å². The average molecular weight is 392 g/mol. The van der Waals surface area contributed by atoms with Gasteiger partial charge >= 0.3 is 0 Å². The Morgan fingerprint density at radius 2 is 1.39 bits per heavy atom. The van der Waals surface area contributed by atoms with Crippen LogP contribution in [0, 0.1) is 5.92 Å². The fourth-order valence-corrected chi connectivity index (χ4v) is 5.83. The average Bonchev–Trinajstić information content (AvgIpc) is 2.74. The summed E-state index contributed by atoms with van der Waals surface area (Å²) in [6.07, 6.45) is 16.4. The largest absolute Gasteiger partial charge is 0.342 e. The second kappa shape index (κ2) is 11.5. The highest BCUT2D eigenvalue weighted by atomic mass is 16.2. The minimum absolute atomic E-state index is 0.271. The molecule has 2 saturated heterocycles. The van der Waals surface area contributed by atoms with Crippen LogP contribution in [0.2, 0.25) is 0 Å². The molecule has 3 fully saturated rings. The number of hydrogen-bond donors (Lipinski definition) is 1. The number of hydrogen-bond acceptors (Lipinski definition) is 3. The van der Waals surface area contributed by atoms with E-state index >= 15 is 0 Å². The van der Waals surface area contributed by atoms with Gasteiger partial charge in [-0.25, -0.2) is 0 Å². The van der Waals surface area contributed by atoms with Gasteiger partial charge in [0.25, 0.3) is 0 Å². The molecule has 0 aromatic carbocycles. The molecule has 1 amide bonds. The van der Waals surface area contributed by atoms with E-state index in [1.807, 2.05) is 0 Å². The lowest BCUT2D eigenvalue weighted by Crippen LogP contribution is -2.52. The van der Waals surface area contributed by atoms with Gasteiger partial charge in [-0.2, -0.15) is 0 Å². The Bertz CT molecular complexity index is 441. The van der Waals surface area contributed by atoms with E-state index in [2.05, 4.69) is 29.0 Å². The SMILES string of the molecule is CCCC(CCC)C(=O)N1CCC(N2CCC(NC3CCCCC3)CC2)CC1. The van der Waals surface area contributed by atoms with Crippen molar-refractivity contribution in [3.63, 3.8) is 0 Å². The molecule has 0 spiro atoms. The molecule has 0 unspecified atom stereocenters. The number of carbonyl (C=O) groups excluding carboxylic acids is 1. The third kappa shape index (κ3) is 6.19. The van der Waals surface area contributed by atoms with Gasteiger partial charge in [-0.3, -0.25) is 4.79 Å². The fraction of sp³-hybridized carbons (Fsp3) is 0.958. The van der Waals surface area contributed by atoms with E-state index in [4.69, 9.17) is 0 Å². The van der Waals surface area contributed by atoms with Gasteiger partial charge in [0.05, 0.1) is 0 Å². The number of nitrogens with zero attached hydrogens (tertiary/aromatic N) is 2. The van der Waals surface area contributed by atoms with Gasteiger partial charge in [0.15, 0.2) is 0 Å². The summed E-state index contributed by atoms with van der Waals surface area (Å²) in [7, 11) is 0. The van der Waals surface area contributed by atoms with Crippen molar-refractivity contribution in [3.05, 3.63) is 0 Å². The van der Waals surface area contributed by atoms with Crippen molar-refractivity contribution < 1.29 is 4.79 Å². The highest BCUT2D eigenvalue weighted by molar-refractivity contribution is 5.78. The molecule has 2 aliphatic heterocycles. The van der Waals surface area contributed by atoms with E-state index in [9.17, 15) is 4.79 Å². The fourth-order valence-electron chi connectivity index (χ4n) is 5.83. The van der Waals surface area contributed by atoms with Gasteiger partial charge in [-0.1, -0.05) is 46.0 Å². The second-order valence-electron chi connectivity index (χ2n) is 9.64. The van der Waals surface area contributed by atoms with Crippen molar-refractivity contribution in [2.24, 2.45) is 5.92 Å². The summed E-state index contributed by atoms with van der Waals surface area (Å²) in [6, 6.07) is 2.24. The van der Waals surface area contributed by atoms with Crippen LogP contribution in [0.5, 0.6) is 0 Å². The smallest absolute Gasteiger partial charge is 0.225 e. The number of amides is 1. The first-order valence-electron chi connectivity index (χ1n) is 12.5. The standard InChI is InChI=1S/C24H45N3O/c1-3-8-20(9-4-2)24(28)27-18-14-23(15-19-27)26-16-12-22(13-17-26)25-21-10-6-5-7-11-21/h20-23,25H,3-19H2,1-2H3. The summed E-state index contributed by atoms with van der Waals surface area (Å²) < 4.78 is 0. The molecule has 2 heterocycles. The summed E-state index contributed by atoms with van der Waals surface area (Å²) in [5.41, 5.74) is 0. The molecule has 0 aromatic heterocycles. The molecule has 162 valence electrons. The highest BCUT2D eigenvalue weighted by Crippen LogP contribution is 2.25. The first-order valence-corrected chi connectivity index (χ1v) is 12.5. The summed E-state index contributed by atoms with van der Waals surface area (Å²) in [6.45, 7) is 8.86. The monoisotopic (exact) mass is 391 g/mol. The van der Waals surface area contributed by atoms with Crippen LogP contribution in [0.25, 0.3) is 0 Å². The summed E-state index contributed by atoms with van der Waals surface area (Å²) in [4.78, 5) is 17.8. The van der Waals surface area contributed by atoms with E-state index in [0.29, 0.717) is 11.9 Å². The van der Waals surface area contributed by atoms with E-state index in [1.54, 1.807) is 0 Å². The topological polar surface area (TPSA) is 35.6 Å². The first kappa shape index (κ1) is 22.1.